The summed E-state index contributed by atoms with van der Waals surface area (Å²) in [7, 11) is 1.83. The number of likely N-dealkylation sites (tertiary alicyclic amines) is 1. The van der Waals surface area contributed by atoms with E-state index in [2.05, 4.69) is 43.4 Å². The van der Waals surface area contributed by atoms with Crippen molar-refractivity contribution in [2.75, 3.05) is 33.2 Å². The lowest BCUT2D eigenvalue weighted by Crippen LogP contribution is -2.45. The van der Waals surface area contributed by atoms with Crippen LogP contribution in [0.15, 0.2) is 33.7 Å². The van der Waals surface area contributed by atoms with Crippen LogP contribution in [0.25, 0.3) is 0 Å². The summed E-state index contributed by atoms with van der Waals surface area (Å²) in [5, 5.41) is 6.34. The van der Waals surface area contributed by atoms with Crippen molar-refractivity contribution in [2.45, 2.75) is 26.2 Å². The van der Waals surface area contributed by atoms with Crippen molar-refractivity contribution in [3.05, 3.63) is 34.3 Å². The molecule has 0 spiro atoms. The second-order valence-electron chi connectivity index (χ2n) is 6.26. The SMILES string of the molecule is CN=C(NCCCNC(=O)c1ccc(Br)cc1)N1CCC(C)CC1. The molecule has 2 N–H and O–H groups in total. The van der Waals surface area contributed by atoms with Crippen LogP contribution in [0.2, 0.25) is 0 Å². The molecule has 0 unspecified atom stereocenters. The number of hydrogen-bond donors (Lipinski definition) is 2. The van der Waals surface area contributed by atoms with E-state index in [-0.39, 0.29) is 5.91 Å². The highest BCUT2D eigenvalue weighted by Crippen LogP contribution is 2.15. The molecule has 0 aromatic heterocycles. The number of nitrogens with zero attached hydrogens (tertiary/aromatic N) is 2. The molecule has 1 aliphatic rings. The van der Waals surface area contributed by atoms with Crippen molar-refractivity contribution in [1.29, 1.82) is 0 Å². The Bertz CT molecular complexity index is 551. The third kappa shape index (κ3) is 5.82. The lowest BCUT2D eigenvalue weighted by atomic mass is 10.00. The standard InChI is InChI=1S/C18H27BrN4O/c1-14-8-12-23(13-9-14)18(20-2)22-11-3-10-21-17(24)15-4-6-16(19)7-5-15/h4-7,14H,3,8-13H2,1-2H3,(H,20,22)(H,21,24). The average Bonchev–Trinajstić information content (AvgIpc) is 2.59. The molecule has 1 fully saturated rings. The first-order valence-corrected chi connectivity index (χ1v) is 9.39. The predicted molar refractivity (Wildman–Crippen MR) is 102 cm³/mol. The fraction of sp³-hybridized carbons (Fsp3) is 0.556. The molecule has 0 bridgehead atoms. The molecule has 1 heterocycles. The highest BCUT2D eigenvalue weighted by Gasteiger charge is 2.18. The first kappa shape index (κ1) is 18.8. The lowest BCUT2D eigenvalue weighted by Gasteiger charge is -2.32. The van der Waals surface area contributed by atoms with Gasteiger partial charge in [-0.15, -0.1) is 0 Å². The number of carbonyl (C=O) groups excluding carboxylic acids is 1. The predicted octanol–water partition coefficient (Wildman–Crippen LogP) is 2.88. The summed E-state index contributed by atoms with van der Waals surface area (Å²) in [6.07, 6.45) is 3.32. The summed E-state index contributed by atoms with van der Waals surface area (Å²) < 4.78 is 0.974. The van der Waals surface area contributed by atoms with E-state index in [1.165, 1.54) is 12.8 Å². The molecule has 2 rings (SSSR count). The van der Waals surface area contributed by atoms with Crippen LogP contribution in [-0.4, -0.2) is 50.0 Å². The fourth-order valence-corrected chi connectivity index (χ4v) is 3.01. The van der Waals surface area contributed by atoms with Crippen LogP contribution >= 0.6 is 15.9 Å². The molecule has 1 saturated heterocycles. The third-order valence-electron chi connectivity index (χ3n) is 4.32. The maximum atomic E-state index is 12.0. The van der Waals surface area contributed by atoms with Crippen molar-refractivity contribution in [1.82, 2.24) is 15.5 Å². The molecule has 132 valence electrons. The summed E-state index contributed by atoms with van der Waals surface area (Å²) in [4.78, 5) is 18.7. The van der Waals surface area contributed by atoms with E-state index in [9.17, 15) is 4.79 Å². The molecule has 5 nitrogen and oxygen atoms in total. The monoisotopic (exact) mass is 394 g/mol. The Hall–Kier alpha value is -1.56. The number of benzene rings is 1. The number of nitrogens with one attached hydrogen (secondary N) is 2. The highest BCUT2D eigenvalue weighted by atomic mass is 79.9. The van der Waals surface area contributed by atoms with Crippen LogP contribution in [0.5, 0.6) is 0 Å². The van der Waals surface area contributed by atoms with Gasteiger partial charge in [-0.05, 0) is 49.4 Å². The molecule has 0 aliphatic carbocycles. The molecule has 1 aliphatic heterocycles. The Labute approximate surface area is 153 Å². The largest absolute Gasteiger partial charge is 0.356 e. The van der Waals surface area contributed by atoms with Gasteiger partial charge in [0.1, 0.15) is 0 Å². The van der Waals surface area contributed by atoms with E-state index in [1.807, 2.05) is 31.3 Å². The zero-order valence-corrected chi connectivity index (χ0v) is 16.1. The third-order valence-corrected chi connectivity index (χ3v) is 4.85. The summed E-state index contributed by atoms with van der Waals surface area (Å²) in [5.41, 5.74) is 0.685. The number of rotatable bonds is 5. The van der Waals surface area contributed by atoms with Crippen LogP contribution in [0.4, 0.5) is 0 Å². The Morgan fingerprint density at radius 3 is 2.46 bits per heavy atom. The van der Waals surface area contributed by atoms with Gasteiger partial charge in [0.05, 0.1) is 0 Å². The zero-order valence-electron chi connectivity index (χ0n) is 14.5. The molecule has 0 radical (unpaired) electrons. The molecule has 6 heteroatoms. The minimum Gasteiger partial charge on any atom is -0.356 e. The normalized spacial score (nSPS) is 16.1. The van der Waals surface area contributed by atoms with Crippen LogP contribution in [0, 0.1) is 5.92 Å². The number of aliphatic imine (C=N–C) groups is 1. The first-order chi connectivity index (χ1) is 11.6. The number of hydrogen-bond acceptors (Lipinski definition) is 2. The average molecular weight is 395 g/mol. The fourth-order valence-electron chi connectivity index (χ4n) is 2.75. The Morgan fingerprint density at radius 1 is 1.21 bits per heavy atom. The molecular formula is C18H27BrN4O. The van der Waals surface area contributed by atoms with Gasteiger partial charge in [-0.1, -0.05) is 22.9 Å². The maximum absolute atomic E-state index is 12.0. The number of piperidine rings is 1. The van der Waals surface area contributed by atoms with E-state index in [0.717, 1.165) is 42.4 Å². The number of carbonyl (C=O) groups is 1. The summed E-state index contributed by atoms with van der Waals surface area (Å²) in [6, 6.07) is 7.38. The lowest BCUT2D eigenvalue weighted by molar-refractivity contribution is 0.0953. The number of amides is 1. The van der Waals surface area contributed by atoms with Crippen molar-refractivity contribution in [2.24, 2.45) is 10.9 Å². The maximum Gasteiger partial charge on any atom is 0.251 e. The molecule has 0 atom stereocenters. The number of halogens is 1. The molecule has 0 saturated carbocycles. The minimum absolute atomic E-state index is 0.0306. The van der Waals surface area contributed by atoms with Gasteiger partial charge in [0.2, 0.25) is 0 Å². The van der Waals surface area contributed by atoms with Crippen LogP contribution in [0.1, 0.15) is 36.5 Å². The molecule has 1 aromatic carbocycles. The van der Waals surface area contributed by atoms with Gasteiger partial charge in [0.25, 0.3) is 5.91 Å². The van der Waals surface area contributed by atoms with E-state index in [1.54, 1.807) is 0 Å². The van der Waals surface area contributed by atoms with Gasteiger partial charge in [0.15, 0.2) is 5.96 Å². The smallest absolute Gasteiger partial charge is 0.251 e. The van der Waals surface area contributed by atoms with E-state index in [0.29, 0.717) is 12.1 Å². The van der Waals surface area contributed by atoms with Gasteiger partial charge < -0.3 is 15.5 Å². The molecule has 24 heavy (non-hydrogen) atoms. The van der Waals surface area contributed by atoms with Crippen LogP contribution < -0.4 is 10.6 Å². The topological polar surface area (TPSA) is 56.7 Å². The van der Waals surface area contributed by atoms with Crippen LogP contribution in [-0.2, 0) is 0 Å². The van der Waals surface area contributed by atoms with Gasteiger partial charge in [0, 0.05) is 43.3 Å². The Morgan fingerprint density at radius 2 is 1.83 bits per heavy atom. The second-order valence-corrected chi connectivity index (χ2v) is 7.18. The molecule has 1 amide bonds. The first-order valence-electron chi connectivity index (χ1n) is 8.59. The van der Waals surface area contributed by atoms with Crippen LogP contribution in [0.3, 0.4) is 0 Å². The van der Waals surface area contributed by atoms with Crippen molar-refractivity contribution in [3.63, 3.8) is 0 Å². The van der Waals surface area contributed by atoms with Crippen molar-refractivity contribution < 1.29 is 4.79 Å². The van der Waals surface area contributed by atoms with Gasteiger partial charge in [-0.25, -0.2) is 0 Å². The van der Waals surface area contributed by atoms with Gasteiger partial charge >= 0.3 is 0 Å². The van der Waals surface area contributed by atoms with E-state index in [4.69, 9.17) is 0 Å². The van der Waals surface area contributed by atoms with Gasteiger partial charge in [-0.3, -0.25) is 9.79 Å². The van der Waals surface area contributed by atoms with E-state index < -0.39 is 0 Å². The Balaban J connectivity index is 1.65. The zero-order chi connectivity index (χ0) is 17.4. The quantitative estimate of drug-likeness (QED) is 0.458. The summed E-state index contributed by atoms with van der Waals surface area (Å²) in [5.74, 6) is 1.76. The highest BCUT2D eigenvalue weighted by molar-refractivity contribution is 9.10. The summed E-state index contributed by atoms with van der Waals surface area (Å²) >= 11 is 3.37. The Kier molecular flexibility index (Phi) is 7.56. The second kappa shape index (κ2) is 9.67. The summed E-state index contributed by atoms with van der Waals surface area (Å²) in [6.45, 7) is 5.90. The van der Waals surface area contributed by atoms with E-state index >= 15 is 0 Å². The number of guanidine groups is 1. The van der Waals surface area contributed by atoms with Crippen molar-refractivity contribution in [3.8, 4) is 0 Å². The molecule has 1 aromatic rings. The van der Waals surface area contributed by atoms with Gasteiger partial charge in [-0.2, -0.15) is 0 Å². The molecular weight excluding hydrogens is 368 g/mol. The van der Waals surface area contributed by atoms with Crippen molar-refractivity contribution >= 4 is 27.8 Å². The minimum atomic E-state index is -0.0306.